The van der Waals surface area contributed by atoms with Crippen molar-refractivity contribution in [2.24, 2.45) is 0 Å². The number of nitrogens with zero attached hydrogens (tertiary/aromatic N) is 3. The van der Waals surface area contributed by atoms with Crippen molar-refractivity contribution in [2.45, 2.75) is 25.2 Å². The maximum atomic E-state index is 13.1. The molecule has 0 spiro atoms. The first kappa shape index (κ1) is 19.3. The summed E-state index contributed by atoms with van der Waals surface area (Å²) in [4.78, 5) is 11.5. The number of thioether (sulfide) groups is 1. The summed E-state index contributed by atoms with van der Waals surface area (Å²) in [6.45, 7) is 6.32. The van der Waals surface area contributed by atoms with Gasteiger partial charge in [0, 0.05) is 6.54 Å². The number of hydrogen-bond acceptors (Lipinski definition) is 6. The standard InChI is InChI=1S/C16H17ClFN3O3S/c1-3-7-21-14(9-24-13-6-5-11(18)8-12(13)17)19-20-16(21)25-10-15(22)23-4-2/h3,5-6,8H,1,4,7,9-10H2,2H3. The maximum absolute atomic E-state index is 13.1. The second-order valence-corrected chi connectivity index (χ2v) is 6.10. The molecular weight excluding hydrogens is 369 g/mol. The minimum Gasteiger partial charge on any atom is -0.484 e. The van der Waals surface area contributed by atoms with Gasteiger partial charge in [0.05, 0.1) is 17.4 Å². The van der Waals surface area contributed by atoms with Crippen LogP contribution in [0.25, 0.3) is 0 Å². The molecule has 0 N–H and O–H groups in total. The van der Waals surface area contributed by atoms with Crippen LogP contribution in [-0.4, -0.2) is 33.1 Å². The average Bonchev–Trinajstić information content (AvgIpc) is 2.95. The van der Waals surface area contributed by atoms with E-state index < -0.39 is 5.82 Å². The molecule has 25 heavy (non-hydrogen) atoms. The molecule has 6 nitrogen and oxygen atoms in total. The van der Waals surface area contributed by atoms with Crippen molar-refractivity contribution >= 4 is 29.3 Å². The van der Waals surface area contributed by atoms with Crippen LogP contribution in [0, 0.1) is 5.82 Å². The third-order valence-corrected chi connectivity index (χ3v) is 4.22. The molecule has 0 atom stereocenters. The fourth-order valence-corrected chi connectivity index (χ4v) is 2.89. The quantitative estimate of drug-likeness (QED) is 0.374. The van der Waals surface area contributed by atoms with Gasteiger partial charge < -0.3 is 9.47 Å². The summed E-state index contributed by atoms with van der Waals surface area (Å²) in [6.07, 6.45) is 1.69. The van der Waals surface area contributed by atoms with Crippen LogP contribution in [0.1, 0.15) is 12.7 Å². The van der Waals surface area contributed by atoms with Crippen molar-refractivity contribution in [3.05, 3.63) is 47.5 Å². The smallest absolute Gasteiger partial charge is 0.316 e. The number of carbonyl (C=O) groups is 1. The fourth-order valence-electron chi connectivity index (χ4n) is 1.91. The fraction of sp³-hybridized carbons (Fsp3) is 0.312. The van der Waals surface area contributed by atoms with Crippen molar-refractivity contribution in [3.63, 3.8) is 0 Å². The van der Waals surface area contributed by atoms with Crippen molar-refractivity contribution < 1.29 is 18.7 Å². The first-order valence-corrected chi connectivity index (χ1v) is 8.80. The Balaban J connectivity index is 2.07. The molecule has 0 fully saturated rings. The summed E-state index contributed by atoms with van der Waals surface area (Å²) in [7, 11) is 0. The summed E-state index contributed by atoms with van der Waals surface area (Å²) >= 11 is 7.16. The Morgan fingerprint density at radius 1 is 1.48 bits per heavy atom. The van der Waals surface area contributed by atoms with Crippen LogP contribution in [0.5, 0.6) is 5.75 Å². The molecule has 2 aromatic rings. The van der Waals surface area contributed by atoms with Crippen molar-refractivity contribution in [3.8, 4) is 5.75 Å². The van der Waals surface area contributed by atoms with E-state index in [1.807, 2.05) is 0 Å². The Morgan fingerprint density at radius 2 is 2.28 bits per heavy atom. The average molecular weight is 386 g/mol. The number of hydrogen-bond donors (Lipinski definition) is 0. The highest BCUT2D eigenvalue weighted by molar-refractivity contribution is 7.99. The number of rotatable bonds is 9. The predicted molar refractivity (Wildman–Crippen MR) is 93.3 cm³/mol. The molecule has 134 valence electrons. The van der Waals surface area contributed by atoms with Gasteiger partial charge in [-0.15, -0.1) is 16.8 Å². The van der Waals surface area contributed by atoms with E-state index in [1.54, 1.807) is 17.6 Å². The first-order valence-electron chi connectivity index (χ1n) is 7.44. The summed E-state index contributed by atoms with van der Waals surface area (Å²) in [5.41, 5.74) is 0. The minimum atomic E-state index is -0.440. The van der Waals surface area contributed by atoms with Gasteiger partial charge in [0.2, 0.25) is 0 Å². The molecule has 0 radical (unpaired) electrons. The maximum Gasteiger partial charge on any atom is 0.316 e. The van der Waals surface area contributed by atoms with Crippen molar-refractivity contribution in [1.29, 1.82) is 0 Å². The largest absolute Gasteiger partial charge is 0.484 e. The van der Waals surface area contributed by atoms with E-state index in [4.69, 9.17) is 21.1 Å². The van der Waals surface area contributed by atoms with Crippen molar-refractivity contribution in [2.75, 3.05) is 12.4 Å². The van der Waals surface area contributed by atoms with E-state index >= 15 is 0 Å². The van der Waals surface area contributed by atoms with Gasteiger partial charge in [-0.05, 0) is 25.1 Å². The number of ether oxygens (including phenoxy) is 2. The number of esters is 1. The number of halogens is 2. The lowest BCUT2D eigenvalue weighted by molar-refractivity contribution is -0.139. The van der Waals surface area contributed by atoms with Gasteiger partial charge in [-0.2, -0.15) is 0 Å². The molecule has 1 heterocycles. The zero-order chi connectivity index (χ0) is 18.2. The van der Waals surface area contributed by atoms with Gasteiger partial charge in [0.15, 0.2) is 11.0 Å². The molecule has 0 aliphatic carbocycles. The monoisotopic (exact) mass is 385 g/mol. The summed E-state index contributed by atoms with van der Waals surface area (Å²) in [5, 5.41) is 8.86. The lowest BCUT2D eigenvalue weighted by atomic mass is 10.3. The van der Waals surface area contributed by atoms with Gasteiger partial charge >= 0.3 is 5.97 Å². The van der Waals surface area contributed by atoms with Gasteiger partial charge in [0.25, 0.3) is 0 Å². The molecular formula is C16H17ClFN3O3S. The highest BCUT2D eigenvalue weighted by Crippen LogP contribution is 2.26. The van der Waals surface area contributed by atoms with Crippen LogP contribution < -0.4 is 4.74 Å². The predicted octanol–water partition coefficient (Wildman–Crippen LogP) is 3.49. The topological polar surface area (TPSA) is 66.2 Å². The molecule has 0 unspecified atom stereocenters. The van der Waals surface area contributed by atoms with E-state index in [0.717, 1.165) is 0 Å². The highest BCUT2D eigenvalue weighted by Gasteiger charge is 2.15. The molecule has 0 saturated carbocycles. The van der Waals surface area contributed by atoms with Crippen LogP contribution in [0.3, 0.4) is 0 Å². The van der Waals surface area contributed by atoms with Gasteiger partial charge in [-0.1, -0.05) is 29.4 Å². The molecule has 9 heteroatoms. The van der Waals surface area contributed by atoms with Crippen LogP contribution in [0.15, 0.2) is 36.0 Å². The Hall–Kier alpha value is -2.06. The molecule has 2 rings (SSSR count). The second-order valence-electron chi connectivity index (χ2n) is 4.76. The third-order valence-electron chi connectivity index (χ3n) is 2.98. The molecule has 0 aliphatic rings. The zero-order valence-electron chi connectivity index (χ0n) is 13.6. The molecule has 0 aliphatic heterocycles. The Morgan fingerprint density at radius 3 is 2.96 bits per heavy atom. The Bertz CT molecular complexity index is 754. The Labute approximate surface area is 154 Å². The first-order chi connectivity index (χ1) is 12.0. The second kappa shape index (κ2) is 9.43. The van der Waals surface area contributed by atoms with Crippen LogP contribution in [0.4, 0.5) is 4.39 Å². The lowest BCUT2D eigenvalue weighted by Crippen LogP contribution is -2.10. The van der Waals surface area contributed by atoms with E-state index in [-0.39, 0.29) is 23.4 Å². The van der Waals surface area contributed by atoms with Gasteiger partial charge in [-0.25, -0.2) is 4.39 Å². The number of allylic oxidation sites excluding steroid dienone is 1. The summed E-state index contributed by atoms with van der Waals surface area (Å²) in [5.74, 6) is 0.248. The molecule has 0 bridgehead atoms. The van der Waals surface area contributed by atoms with Gasteiger partial charge in [-0.3, -0.25) is 9.36 Å². The molecule has 1 aromatic heterocycles. The van der Waals surface area contributed by atoms with E-state index in [0.29, 0.717) is 29.9 Å². The third kappa shape index (κ3) is 5.47. The summed E-state index contributed by atoms with van der Waals surface area (Å²) < 4.78 is 25.3. The van der Waals surface area contributed by atoms with Crippen LogP contribution >= 0.6 is 23.4 Å². The Kier molecular flexibility index (Phi) is 7.27. The normalized spacial score (nSPS) is 10.5. The molecule has 0 saturated heterocycles. The molecule has 0 amide bonds. The number of aromatic nitrogens is 3. The van der Waals surface area contributed by atoms with E-state index in [2.05, 4.69) is 16.8 Å². The van der Waals surface area contributed by atoms with Crippen LogP contribution in [0.2, 0.25) is 5.02 Å². The van der Waals surface area contributed by atoms with E-state index in [9.17, 15) is 9.18 Å². The summed E-state index contributed by atoms with van der Waals surface area (Å²) in [6, 6.07) is 3.88. The van der Waals surface area contributed by atoms with E-state index in [1.165, 1.54) is 30.0 Å². The van der Waals surface area contributed by atoms with Gasteiger partial charge in [0.1, 0.15) is 18.2 Å². The SMILES string of the molecule is C=CCn1c(COc2ccc(F)cc2Cl)nnc1SCC(=O)OCC. The minimum absolute atomic E-state index is 0.0894. The highest BCUT2D eigenvalue weighted by atomic mass is 35.5. The van der Waals surface area contributed by atoms with Crippen molar-refractivity contribution in [1.82, 2.24) is 14.8 Å². The zero-order valence-corrected chi connectivity index (χ0v) is 15.1. The number of benzene rings is 1. The lowest BCUT2D eigenvalue weighted by Gasteiger charge is -2.10. The van der Waals surface area contributed by atoms with Crippen LogP contribution in [-0.2, 0) is 22.7 Å². The number of carbonyl (C=O) groups excluding carboxylic acids is 1. The molecule has 1 aromatic carbocycles.